The van der Waals surface area contributed by atoms with E-state index >= 15 is 0 Å². The maximum absolute atomic E-state index is 12.9. The molecular weight excluding hydrogens is 448 g/mol. The van der Waals surface area contributed by atoms with Crippen molar-refractivity contribution < 1.29 is 14.3 Å². The summed E-state index contributed by atoms with van der Waals surface area (Å²) < 4.78 is 10.6. The monoisotopic (exact) mass is 478 g/mol. The molecule has 178 valence electrons. The summed E-state index contributed by atoms with van der Waals surface area (Å²) in [5.74, 6) is 2.10. The quantitative estimate of drug-likeness (QED) is 0.511. The third kappa shape index (κ3) is 5.99. The van der Waals surface area contributed by atoms with Crippen LogP contribution < -0.4 is 19.7 Å². The van der Waals surface area contributed by atoms with Crippen molar-refractivity contribution in [1.82, 2.24) is 15.5 Å². The van der Waals surface area contributed by atoms with Crippen molar-refractivity contribution in [2.75, 3.05) is 32.2 Å². The standard InChI is InChI=1S/C26H30N4O3S/c1-18-6-9-21(10-7-18)34-25-13-12-24(28-29-25)30-14-4-5-20(17-30)26(31)27-16-19-8-11-22(32-2)23(15-19)33-3/h6-13,15,20H,4-5,14,16-17H2,1-3H3,(H,27,31). The van der Waals surface area contributed by atoms with Gasteiger partial charge in [-0.25, -0.2) is 0 Å². The molecule has 0 bridgehead atoms. The van der Waals surface area contributed by atoms with Crippen molar-refractivity contribution in [1.29, 1.82) is 0 Å². The molecule has 4 rings (SSSR count). The summed E-state index contributed by atoms with van der Waals surface area (Å²) in [5, 5.41) is 12.8. The molecular formula is C26H30N4O3S. The molecule has 0 saturated carbocycles. The van der Waals surface area contributed by atoms with E-state index in [1.54, 1.807) is 26.0 Å². The van der Waals surface area contributed by atoms with Gasteiger partial charge in [-0.15, -0.1) is 10.2 Å². The smallest absolute Gasteiger partial charge is 0.225 e. The Bertz CT molecular complexity index is 1110. The lowest BCUT2D eigenvalue weighted by Crippen LogP contribution is -2.43. The molecule has 1 aliphatic rings. The summed E-state index contributed by atoms with van der Waals surface area (Å²) in [6.45, 7) is 4.03. The van der Waals surface area contributed by atoms with Crippen LogP contribution in [0.3, 0.4) is 0 Å². The highest BCUT2D eigenvalue weighted by molar-refractivity contribution is 7.99. The van der Waals surface area contributed by atoms with Gasteiger partial charge >= 0.3 is 0 Å². The zero-order chi connectivity index (χ0) is 23.9. The first-order chi connectivity index (χ1) is 16.6. The fourth-order valence-electron chi connectivity index (χ4n) is 3.99. The van der Waals surface area contributed by atoms with Crippen LogP contribution in [-0.4, -0.2) is 43.4 Å². The van der Waals surface area contributed by atoms with E-state index in [1.165, 1.54) is 5.56 Å². The van der Waals surface area contributed by atoms with Gasteiger partial charge < -0.3 is 19.7 Å². The van der Waals surface area contributed by atoms with Crippen LogP contribution in [0.25, 0.3) is 0 Å². The maximum Gasteiger partial charge on any atom is 0.225 e. The molecule has 1 N–H and O–H groups in total. The van der Waals surface area contributed by atoms with Crippen LogP contribution in [0.1, 0.15) is 24.0 Å². The van der Waals surface area contributed by atoms with E-state index in [0.29, 0.717) is 24.6 Å². The molecule has 0 radical (unpaired) electrons. The summed E-state index contributed by atoms with van der Waals surface area (Å²) >= 11 is 1.59. The Labute approximate surface area is 204 Å². The van der Waals surface area contributed by atoms with E-state index in [-0.39, 0.29) is 11.8 Å². The fraction of sp³-hybridized carbons (Fsp3) is 0.346. The molecule has 1 aromatic heterocycles. The molecule has 1 unspecified atom stereocenters. The van der Waals surface area contributed by atoms with Crippen LogP contribution in [-0.2, 0) is 11.3 Å². The lowest BCUT2D eigenvalue weighted by atomic mass is 9.97. The number of aromatic nitrogens is 2. The second-order valence-electron chi connectivity index (χ2n) is 8.34. The summed E-state index contributed by atoms with van der Waals surface area (Å²) in [6, 6.07) is 18.0. The highest BCUT2D eigenvalue weighted by atomic mass is 32.2. The average molecular weight is 479 g/mol. The van der Waals surface area contributed by atoms with Gasteiger partial charge in [0.1, 0.15) is 5.03 Å². The Hall–Kier alpha value is -3.26. The van der Waals surface area contributed by atoms with Crippen molar-refractivity contribution in [2.24, 2.45) is 5.92 Å². The molecule has 34 heavy (non-hydrogen) atoms. The zero-order valence-corrected chi connectivity index (χ0v) is 20.6. The number of aryl methyl sites for hydroxylation is 1. The number of ether oxygens (including phenoxy) is 2. The highest BCUT2D eigenvalue weighted by Gasteiger charge is 2.26. The number of hydrogen-bond acceptors (Lipinski definition) is 7. The van der Waals surface area contributed by atoms with Gasteiger partial charge in [0.05, 0.1) is 20.1 Å². The molecule has 8 heteroatoms. The van der Waals surface area contributed by atoms with Crippen LogP contribution in [0, 0.1) is 12.8 Å². The number of carbonyl (C=O) groups excluding carboxylic acids is 1. The average Bonchev–Trinajstić information content (AvgIpc) is 2.89. The summed E-state index contributed by atoms with van der Waals surface area (Å²) in [7, 11) is 3.21. The van der Waals surface area contributed by atoms with Crippen molar-refractivity contribution in [2.45, 2.75) is 36.2 Å². The van der Waals surface area contributed by atoms with Crippen LogP contribution in [0.4, 0.5) is 5.82 Å². The Morgan fingerprint density at radius 3 is 2.56 bits per heavy atom. The van der Waals surface area contributed by atoms with Gasteiger partial charge in [-0.3, -0.25) is 4.79 Å². The Morgan fingerprint density at radius 1 is 1.06 bits per heavy atom. The molecule has 2 heterocycles. The molecule has 0 aliphatic carbocycles. The van der Waals surface area contributed by atoms with E-state index in [4.69, 9.17) is 9.47 Å². The zero-order valence-electron chi connectivity index (χ0n) is 19.8. The van der Waals surface area contributed by atoms with Crippen molar-refractivity contribution >= 4 is 23.5 Å². The summed E-state index contributed by atoms with van der Waals surface area (Å²) in [6.07, 6.45) is 1.80. The fourth-order valence-corrected chi connectivity index (χ4v) is 4.72. The normalized spacial score (nSPS) is 15.6. The van der Waals surface area contributed by atoms with E-state index in [9.17, 15) is 4.79 Å². The number of benzene rings is 2. The van der Waals surface area contributed by atoms with Crippen LogP contribution >= 0.6 is 11.8 Å². The molecule has 1 atom stereocenters. The predicted octanol–water partition coefficient (Wildman–Crippen LogP) is 4.49. The van der Waals surface area contributed by atoms with Crippen LogP contribution in [0.2, 0.25) is 0 Å². The van der Waals surface area contributed by atoms with Crippen molar-refractivity contribution in [3.63, 3.8) is 0 Å². The number of anilines is 1. The second kappa shape index (κ2) is 11.2. The number of piperidine rings is 1. The van der Waals surface area contributed by atoms with Gasteiger partial charge in [0.15, 0.2) is 17.3 Å². The molecule has 3 aromatic rings. The Morgan fingerprint density at radius 2 is 1.85 bits per heavy atom. The van der Waals surface area contributed by atoms with Crippen LogP contribution in [0.15, 0.2) is 64.5 Å². The molecule has 1 fully saturated rings. The maximum atomic E-state index is 12.9. The lowest BCUT2D eigenvalue weighted by molar-refractivity contribution is -0.125. The van der Waals surface area contributed by atoms with Gasteiger partial charge in [-0.1, -0.05) is 35.5 Å². The van der Waals surface area contributed by atoms with Crippen molar-refractivity contribution in [3.05, 3.63) is 65.7 Å². The number of rotatable bonds is 8. The topological polar surface area (TPSA) is 76.6 Å². The Balaban J connectivity index is 1.32. The van der Waals surface area contributed by atoms with Gasteiger partial charge in [0.25, 0.3) is 0 Å². The van der Waals surface area contributed by atoms with E-state index in [2.05, 4.69) is 51.6 Å². The van der Waals surface area contributed by atoms with Crippen LogP contribution in [0.5, 0.6) is 11.5 Å². The second-order valence-corrected chi connectivity index (χ2v) is 9.43. The Kier molecular flexibility index (Phi) is 7.90. The summed E-state index contributed by atoms with van der Waals surface area (Å²) in [5.41, 5.74) is 2.20. The van der Waals surface area contributed by atoms with E-state index < -0.39 is 0 Å². The molecule has 1 saturated heterocycles. The van der Waals surface area contributed by atoms with E-state index in [1.807, 2.05) is 30.3 Å². The minimum atomic E-state index is -0.0858. The molecule has 2 aromatic carbocycles. The SMILES string of the molecule is COc1ccc(CNC(=O)C2CCCN(c3ccc(Sc4ccc(C)cc4)nn3)C2)cc1OC. The van der Waals surface area contributed by atoms with Gasteiger partial charge in [0, 0.05) is 24.5 Å². The first-order valence-corrected chi connectivity index (χ1v) is 12.2. The summed E-state index contributed by atoms with van der Waals surface area (Å²) in [4.78, 5) is 16.2. The first kappa shape index (κ1) is 23.9. The minimum absolute atomic E-state index is 0.0546. The number of nitrogens with zero attached hydrogens (tertiary/aromatic N) is 3. The first-order valence-electron chi connectivity index (χ1n) is 11.4. The van der Waals surface area contributed by atoms with E-state index in [0.717, 1.165) is 40.7 Å². The number of amides is 1. The number of nitrogens with one attached hydrogen (secondary N) is 1. The third-order valence-electron chi connectivity index (χ3n) is 5.90. The lowest BCUT2D eigenvalue weighted by Gasteiger charge is -2.32. The predicted molar refractivity (Wildman–Crippen MR) is 134 cm³/mol. The number of hydrogen-bond donors (Lipinski definition) is 1. The molecule has 1 aliphatic heterocycles. The molecule has 0 spiro atoms. The van der Waals surface area contributed by atoms with Crippen molar-refractivity contribution in [3.8, 4) is 11.5 Å². The van der Waals surface area contributed by atoms with Gasteiger partial charge in [0.2, 0.25) is 5.91 Å². The number of methoxy groups -OCH3 is 2. The molecule has 7 nitrogen and oxygen atoms in total. The largest absolute Gasteiger partial charge is 0.493 e. The van der Waals surface area contributed by atoms with Gasteiger partial charge in [-0.05, 0) is 61.7 Å². The minimum Gasteiger partial charge on any atom is -0.493 e. The third-order valence-corrected chi connectivity index (χ3v) is 6.84. The number of carbonyl (C=O) groups is 1. The molecule has 1 amide bonds. The highest BCUT2D eigenvalue weighted by Crippen LogP contribution is 2.29. The van der Waals surface area contributed by atoms with Gasteiger partial charge in [-0.2, -0.15) is 0 Å².